The van der Waals surface area contributed by atoms with Crippen molar-refractivity contribution in [3.8, 4) is 0 Å². The minimum Gasteiger partial charge on any atom is -0.0876 e. The van der Waals surface area contributed by atoms with E-state index in [-0.39, 0.29) is 0 Å². The molecule has 0 amide bonds. The molecule has 0 unspecified atom stereocenters. The third-order valence-electron chi connectivity index (χ3n) is 1.68. The van der Waals surface area contributed by atoms with Crippen LogP contribution in [0.5, 0.6) is 0 Å². The van der Waals surface area contributed by atoms with Gasteiger partial charge >= 0.3 is 0 Å². The van der Waals surface area contributed by atoms with Gasteiger partial charge in [0.15, 0.2) is 0 Å². The fraction of sp³-hybridized carbons (Fsp3) is 0.333. The number of alkyl halides is 1. The van der Waals surface area contributed by atoms with Gasteiger partial charge in [-0.3, -0.25) is 0 Å². The van der Waals surface area contributed by atoms with Crippen molar-refractivity contribution >= 4 is 31.9 Å². The second-order valence-electron chi connectivity index (χ2n) is 2.38. The molecule has 0 heterocycles. The lowest BCUT2D eigenvalue weighted by molar-refractivity contribution is 1.11. The van der Waals surface area contributed by atoms with Crippen LogP contribution in [0.1, 0.15) is 18.1 Å². The first-order chi connectivity index (χ1) is 5.29. The van der Waals surface area contributed by atoms with Gasteiger partial charge < -0.3 is 0 Å². The van der Waals surface area contributed by atoms with Crippen LogP contribution in [-0.4, -0.2) is 0 Å². The maximum Gasteiger partial charge on any atom is 0.0294 e. The molecule has 0 spiro atoms. The first kappa shape index (κ1) is 9.27. The Morgan fingerprint density at radius 2 is 1.91 bits per heavy atom. The highest BCUT2D eigenvalue weighted by Crippen LogP contribution is 2.23. The number of aryl methyl sites for hydroxylation is 1. The zero-order chi connectivity index (χ0) is 8.27. The van der Waals surface area contributed by atoms with Gasteiger partial charge in [0.2, 0.25) is 0 Å². The summed E-state index contributed by atoms with van der Waals surface area (Å²) in [5.74, 6) is 0. The van der Waals surface area contributed by atoms with E-state index in [2.05, 4.69) is 57.0 Å². The number of hydrogen-bond donors (Lipinski definition) is 0. The van der Waals surface area contributed by atoms with Crippen molar-refractivity contribution in [3.63, 3.8) is 0 Å². The van der Waals surface area contributed by atoms with Crippen LogP contribution in [0.2, 0.25) is 0 Å². The van der Waals surface area contributed by atoms with E-state index in [4.69, 9.17) is 0 Å². The van der Waals surface area contributed by atoms with Crippen LogP contribution in [-0.2, 0) is 11.8 Å². The fourth-order valence-corrected chi connectivity index (χ4v) is 2.54. The van der Waals surface area contributed by atoms with Gasteiger partial charge in [0, 0.05) is 9.80 Å². The van der Waals surface area contributed by atoms with Gasteiger partial charge in [0.05, 0.1) is 0 Å². The van der Waals surface area contributed by atoms with E-state index in [0.717, 1.165) is 11.8 Å². The minimum atomic E-state index is 0.918. The van der Waals surface area contributed by atoms with E-state index < -0.39 is 0 Å². The van der Waals surface area contributed by atoms with E-state index in [1.165, 1.54) is 15.6 Å². The summed E-state index contributed by atoms with van der Waals surface area (Å²) in [5, 5.41) is 0.918. The molecule has 11 heavy (non-hydrogen) atoms. The Labute approximate surface area is 84.3 Å². The Hall–Kier alpha value is 0.180. The smallest absolute Gasteiger partial charge is 0.0294 e. The highest BCUT2D eigenvalue weighted by Gasteiger charge is 2.01. The average Bonchev–Trinajstić information content (AvgIpc) is 2.05. The molecule has 1 aromatic carbocycles. The summed E-state index contributed by atoms with van der Waals surface area (Å²) >= 11 is 7.01. The van der Waals surface area contributed by atoms with Gasteiger partial charge in [-0.15, -0.1) is 0 Å². The molecule has 0 bridgehead atoms. The van der Waals surface area contributed by atoms with E-state index in [9.17, 15) is 0 Å². The Morgan fingerprint density at radius 1 is 1.27 bits per heavy atom. The second kappa shape index (κ2) is 4.27. The van der Waals surface area contributed by atoms with Crippen molar-refractivity contribution in [3.05, 3.63) is 33.8 Å². The molecular formula is C9H10Br2. The predicted molar refractivity (Wildman–Crippen MR) is 56.2 cm³/mol. The third-order valence-corrected chi connectivity index (χ3v) is 3.31. The third kappa shape index (κ3) is 2.06. The van der Waals surface area contributed by atoms with E-state index >= 15 is 0 Å². The molecule has 0 atom stereocenters. The summed E-state index contributed by atoms with van der Waals surface area (Å²) in [5.41, 5.74) is 2.70. The first-order valence-electron chi connectivity index (χ1n) is 3.61. The first-order valence-corrected chi connectivity index (χ1v) is 5.53. The van der Waals surface area contributed by atoms with Crippen LogP contribution in [0.3, 0.4) is 0 Å². The van der Waals surface area contributed by atoms with Crippen molar-refractivity contribution in [1.82, 2.24) is 0 Å². The number of rotatable bonds is 2. The molecule has 0 aromatic heterocycles. The van der Waals surface area contributed by atoms with Crippen molar-refractivity contribution in [2.75, 3.05) is 0 Å². The van der Waals surface area contributed by atoms with Crippen LogP contribution in [0.4, 0.5) is 0 Å². The van der Waals surface area contributed by atoms with Crippen molar-refractivity contribution in [2.45, 2.75) is 18.7 Å². The molecule has 1 rings (SSSR count). The van der Waals surface area contributed by atoms with Crippen LogP contribution < -0.4 is 0 Å². The monoisotopic (exact) mass is 276 g/mol. The lowest BCUT2D eigenvalue weighted by atomic mass is 10.1. The molecule has 0 saturated carbocycles. The van der Waals surface area contributed by atoms with Gasteiger partial charge in [-0.05, 0) is 17.5 Å². The lowest BCUT2D eigenvalue weighted by Crippen LogP contribution is -1.86. The molecule has 0 radical (unpaired) electrons. The van der Waals surface area contributed by atoms with Gasteiger partial charge in [0.1, 0.15) is 0 Å². The summed E-state index contributed by atoms with van der Waals surface area (Å²) in [6.45, 7) is 2.16. The number of halogens is 2. The Morgan fingerprint density at radius 3 is 2.45 bits per heavy atom. The molecule has 0 saturated heterocycles. The molecular weight excluding hydrogens is 268 g/mol. The van der Waals surface area contributed by atoms with Gasteiger partial charge in [-0.2, -0.15) is 0 Å². The molecule has 1 aromatic rings. The van der Waals surface area contributed by atoms with Crippen LogP contribution in [0.15, 0.2) is 22.7 Å². The number of benzene rings is 1. The highest BCUT2D eigenvalue weighted by atomic mass is 79.9. The van der Waals surface area contributed by atoms with E-state index in [1.807, 2.05) is 0 Å². The predicted octanol–water partition coefficient (Wildman–Crippen LogP) is 3.91. The average molecular weight is 278 g/mol. The highest BCUT2D eigenvalue weighted by molar-refractivity contribution is 9.10. The normalized spacial score (nSPS) is 10.1. The van der Waals surface area contributed by atoms with Gasteiger partial charge in [-0.25, -0.2) is 0 Å². The zero-order valence-corrected chi connectivity index (χ0v) is 9.57. The molecule has 2 heteroatoms. The molecule has 0 N–H and O–H groups in total. The Balaban J connectivity index is 3.10. The largest absolute Gasteiger partial charge is 0.0876 e. The van der Waals surface area contributed by atoms with Crippen molar-refractivity contribution in [1.29, 1.82) is 0 Å². The maximum absolute atomic E-state index is 3.57. The summed E-state index contributed by atoms with van der Waals surface area (Å²) < 4.78 is 1.25. The molecule has 0 fully saturated rings. The fourth-order valence-electron chi connectivity index (χ4n) is 1.01. The van der Waals surface area contributed by atoms with E-state index in [1.54, 1.807) is 0 Å². The minimum absolute atomic E-state index is 0.918. The topological polar surface area (TPSA) is 0 Å². The molecule has 0 aliphatic carbocycles. The lowest BCUT2D eigenvalue weighted by Gasteiger charge is -2.04. The number of hydrogen-bond acceptors (Lipinski definition) is 0. The summed E-state index contributed by atoms with van der Waals surface area (Å²) in [6.07, 6.45) is 1.08. The second-order valence-corrected chi connectivity index (χ2v) is 3.73. The molecule has 0 aliphatic heterocycles. The van der Waals surface area contributed by atoms with Crippen LogP contribution >= 0.6 is 31.9 Å². The van der Waals surface area contributed by atoms with Crippen molar-refractivity contribution < 1.29 is 0 Å². The SMILES string of the molecule is CCc1cccc(CBr)c1Br. The van der Waals surface area contributed by atoms with Gasteiger partial charge in [-0.1, -0.05) is 57.0 Å². The standard InChI is InChI=1S/C9H10Br2/c1-2-7-4-3-5-8(6-10)9(7)11/h3-5H,2,6H2,1H3. The van der Waals surface area contributed by atoms with E-state index in [0.29, 0.717) is 0 Å². The Bertz CT molecular complexity index is 221. The van der Waals surface area contributed by atoms with Crippen LogP contribution in [0.25, 0.3) is 0 Å². The van der Waals surface area contributed by atoms with Gasteiger partial charge in [0.25, 0.3) is 0 Å². The summed E-state index contributed by atoms with van der Waals surface area (Å²) in [4.78, 5) is 0. The summed E-state index contributed by atoms with van der Waals surface area (Å²) in [6, 6.07) is 6.37. The zero-order valence-electron chi connectivity index (χ0n) is 6.40. The maximum atomic E-state index is 3.57. The Kier molecular flexibility index (Phi) is 3.60. The molecule has 60 valence electrons. The van der Waals surface area contributed by atoms with Crippen LogP contribution in [0, 0.1) is 0 Å². The van der Waals surface area contributed by atoms with Crippen molar-refractivity contribution in [2.24, 2.45) is 0 Å². The molecule has 0 nitrogen and oxygen atoms in total. The molecule has 0 aliphatic rings. The summed E-state index contributed by atoms with van der Waals surface area (Å²) in [7, 11) is 0. The quantitative estimate of drug-likeness (QED) is 0.719.